The molecule has 0 aliphatic carbocycles. The number of hydrogen-bond donors (Lipinski definition) is 2. The van der Waals surface area contributed by atoms with Gasteiger partial charge >= 0.3 is 0 Å². The number of nitrogens with two attached hydrogens (primary N) is 1. The molecule has 1 unspecified atom stereocenters. The van der Waals surface area contributed by atoms with Crippen molar-refractivity contribution in [3.8, 4) is 0 Å². The number of aromatic amines is 1. The summed E-state index contributed by atoms with van der Waals surface area (Å²) in [5.41, 5.74) is 9.21. The van der Waals surface area contributed by atoms with Crippen molar-refractivity contribution in [3.05, 3.63) is 71.7 Å². The van der Waals surface area contributed by atoms with E-state index in [1.54, 1.807) is 12.1 Å². The van der Waals surface area contributed by atoms with Crippen LogP contribution < -0.4 is 5.73 Å². The summed E-state index contributed by atoms with van der Waals surface area (Å²) in [6, 6.07) is 14.7. The highest BCUT2D eigenvalue weighted by atomic mass is 19.1. The average Bonchev–Trinajstić information content (AvgIpc) is 2.86. The smallest absolute Gasteiger partial charge is 0.123 e. The molecular weight excluding hydrogens is 239 g/mol. The molecule has 0 saturated carbocycles. The van der Waals surface area contributed by atoms with Crippen molar-refractivity contribution in [2.75, 3.05) is 6.54 Å². The minimum Gasteiger partial charge on any atom is -0.361 e. The van der Waals surface area contributed by atoms with Crippen LogP contribution in [0.4, 0.5) is 4.39 Å². The van der Waals surface area contributed by atoms with Crippen LogP contribution in [-0.2, 0) is 0 Å². The molecule has 0 aliphatic rings. The first-order chi connectivity index (χ1) is 9.29. The fourth-order valence-corrected chi connectivity index (χ4v) is 2.52. The molecule has 2 aromatic carbocycles. The third-order valence-corrected chi connectivity index (χ3v) is 3.50. The Labute approximate surface area is 111 Å². The van der Waals surface area contributed by atoms with E-state index in [0.717, 1.165) is 16.6 Å². The maximum atomic E-state index is 13.0. The normalized spacial score (nSPS) is 12.7. The van der Waals surface area contributed by atoms with Crippen molar-refractivity contribution in [1.29, 1.82) is 0 Å². The quantitative estimate of drug-likeness (QED) is 0.739. The number of hydrogen-bond acceptors (Lipinski definition) is 1. The lowest BCUT2D eigenvalue weighted by Gasteiger charge is -2.14. The summed E-state index contributed by atoms with van der Waals surface area (Å²) in [6.07, 6.45) is 1.99. The first kappa shape index (κ1) is 11.9. The average molecular weight is 254 g/mol. The molecular formula is C16H15FN2. The first-order valence-electron chi connectivity index (χ1n) is 6.31. The molecule has 1 heterocycles. The van der Waals surface area contributed by atoms with Gasteiger partial charge in [-0.1, -0.05) is 30.3 Å². The van der Waals surface area contributed by atoms with E-state index in [9.17, 15) is 4.39 Å². The molecule has 3 heteroatoms. The van der Waals surface area contributed by atoms with Crippen LogP contribution in [0.2, 0.25) is 0 Å². The molecule has 0 saturated heterocycles. The molecule has 96 valence electrons. The zero-order valence-corrected chi connectivity index (χ0v) is 10.4. The molecule has 3 rings (SSSR count). The van der Waals surface area contributed by atoms with Gasteiger partial charge in [-0.2, -0.15) is 0 Å². The van der Waals surface area contributed by atoms with Gasteiger partial charge in [0.15, 0.2) is 0 Å². The van der Waals surface area contributed by atoms with Gasteiger partial charge in [-0.15, -0.1) is 0 Å². The predicted molar refractivity (Wildman–Crippen MR) is 75.6 cm³/mol. The Balaban J connectivity index is 2.09. The lowest BCUT2D eigenvalue weighted by atomic mass is 9.91. The van der Waals surface area contributed by atoms with Gasteiger partial charge in [0, 0.05) is 29.6 Å². The van der Waals surface area contributed by atoms with E-state index >= 15 is 0 Å². The molecule has 3 N–H and O–H groups in total. The lowest BCUT2D eigenvalue weighted by molar-refractivity contribution is 0.626. The molecule has 0 radical (unpaired) electrons. The third-order valence-electron chi connectivity index (χ3n) is 3.50. The number of H-pyrrole nitrogens is 1. The molecule has 0 amide bonds. The zero-order valence-electron chi connectivity index (χ0n) is 10.4. The second-order valence-corrected chi connectivity index (χ2v) is 4.63. The Morgan fingerprint density at radius 2 is 1.79 bits per heavy atom. The number of nitrogens with one attached hydrogen (secondary N) is 1. The summed E-state index contributed by atoms with van der Waals surface area (Å²) >= 11 is 0. The van der Waals surface area contributed by atoms with E-state index in [2.05, 4.69) is 11.1 Å². The predicted octanol–water partition coefficient (Wildman–Crippen LogP) is 3.40. The Morgan fingerprint density at radius 3 is 2.53 bits per heavy atom. The molecule has 3 aromatic rings. The van der Waals surface area contributed by atoms with Crippen LogP contribution in [0.5, 0.6) is 0 Å². The van der Waals surface area contributed by atoms with Crippen molar-refractivity contribution in [2.24, 2.45) is 5.73 Å². The standard InChI is InChI=1S/C16H15FN2/c17-12-7-5-11(6-8-12)14(9-18)15-10-19-16-4-2-1-3-13(15)16/h1-8,10,14,19H,9,18H2. The van der Waals surface area contributed by atoms with E-state index in [-0.39, 0.29) is 11.7 Å². The van der Waals surface area contributed by atoms with Crippen molar-refractivity contribution < 1.29 is 4.39 Å². The van der Waals surface area contributed by atoms with Crippen LogP contribution in [0, 0.1) is 5.82 Å². The molecule has 1 aromatic heterocycles. The van der Waals surface area contributed by atoms with E-state index < -0.39 is 0 Å². The van der Waals surface area contributed by atoms with Crippen LogP contribution in [0.3, 0.4) is 0 Å². The monoisotopic (exact) mass is 254 g/mol. The second kappa shape index (κ2) is 4.86. The number of para-hydroxylation sites is 1. The van der Waals surface area contributed by atoms with E-state index in [0.29, 0.717) is 6.54 Å². The van der Waals surface area contributed by atoms with Crippen molar-refractivity contribution in [3.63, 3.8) is 0 Å². The Bertz CT molecular complexity index is 685. The SMILES string of the molecule is NCC(c1ccc(F)cc1)c1c[nH]c2ccccc12. The summed E-state index contributed by atoms with van der Waals surface area (Å²) in [4.78, 5) is 3.25. The van der Waals surface area contributed by atoms with Crippen LogP contribution in [0.15, 0.2) is 54.7 Å². The van der Waals surface area contributed by atoms with E-state index in [4.69, 9.17) is 5.73 Å². The number of fused-ring (bicyclic) bond motifs is 1. The minimum atomic E-state index is -0.224. The van der Waals surface area contributed by atoms with Crippen LogP contribution >= 0.6 is 0 Å². The molecule has 0 bridgehead atoms. The van der Waals surface area contributed by atoms with E-state index in [1.807, 2.05) is 24.4 Å². The number of halogens is 1. The highest BCUT2D eigenvalue weighted by molar-refractivity contribution is 5.84. The van der Waals surface area contributed by atoms with Crippen molar-refractivity contribution in [2.45, 2.75) is 5.92 Å². The number of rotatable bonds is 3. The highest BCUT2D eigenvalue weighted by Gasteiger charge is 2.16. The largest absolute Gasteiger partial charge is 0.361 e. The third kappa shape index (κ3) is 2.13. The van der Waals surface area contributed by atoms with Gasteiger partial charge in [0.1, 0.15) is 5.82 Å². The summed E-state index contributed by atoms with van der Waals surface area (Å²) in [5, 5.41) is 1.17. The first-order valence-corrected chi connectivity index (χ1v) is 6.31. The maximum Gasteiger partial charge on any atom is 0.123 e. The van der Waals surface area contributed by atoms with Gasteiger partial charge in [0.05, 0.1) is 0 Å². The molecule has 2 nitrogen and oxygen atoms in total. The zero-order chi connectivity index (χ0) is 13.2. The fraction of sp³-hybridized carbons (Fsp3) is 0.125. The molecule has 19 heavy (non-hydrogen) atoms. The second-order valence-electron chi connectivity index (χ2n) is 4.63. The summed E-state index contributed by atoms with van der Waals surface area (Å²) < 4.78 is 13.0. The van der Waals surface area contributed by atoms with Gasteiger partial charge < -0.3 is 10.7 Å². The van der Waals surface area contributed by atoms with Crippen LogP contribution in [0.1, 0.15) is 17.0 Å². The lowest BCUT2D eigenvalue weighted by Crippen LogP contribution is -2.13. The number of benzene rings is 2. The molecule has 1 atom stereocenters. The topological polar surface area (TPSA) is 41.8 Å². The minimum absolute atomic E-state index is 0.0803. The highest BCUT2D eigenvalue weighted by Crippen LogP contribution is 2.30. The Morgan fingerprint density at radius 1 is 1.05 bits per heavy atom. The van der Waals surface area contributed by atoms with Crippen LogP contribution in [-0.4, -0.2) is 11.5 Å². The summed E-state index contributed by atoms with van der Waals surface area (Å²) in [6.45, 7) is 0.494. The Kier molecular flexibility index (Phi) is 3.05. The number of aromatic nitrogens is 1. The van der Waals surface area contributed by atoms with Gasteiger partial charge in [-0.25, -0.2) is 4.39 Å². The van der Waals surface area contributed by atoms with Crippen molar-refractivity contribution >= 4 is 10.9 Å². The molecule has 0 fully saturated rings. The van der Waals surface area contributed by atoms with Gasteiger partial charge in [-0.05, 0) is 29.3 Å². The summed E-state index contributed by atoms with van der Waals surface area (Å²) in [7, 11) is 0. The van der Waals surface area contributed by atoms with Gasteiger partial charge in [-0.3, -0.25) is 0 Å². The van der Waals surface area contributed by atoms with Gasteiger partial charge in [0.25, 0.3) is 0 Å². The maximum absolute atomic E-state index is 13.0. The molecule has 0 spiro atoms. The fourth-order valence-electron chi connectivity index (χ4n) is 2.52. The van der Waals surface area contributed by atoms with Crippen LogP contribution in [0.25, 0.3) is 10.9 Å². The Hall–Kier alpha value is -2.13. The van der Waals surface area contributed by atoms with E-state index in [1.165, 1.54) is 17.5 Å². The van der Waals surface area contributed by atoms with Crippen molar-refractivity contribution in [1.82, 2.24) is 4.98 Å². The molecule has 0 aliphatic heterocycles. The summed E-state index contributed by atoms with van der Waals surface area (Å²) in [5.74, 6) is -0.143. The van der Waals surface area contributed by atoms with Gasteiger partial charge in [0.2, 0.25) is 0 Å².